The molecule has 0 heterocycles. The first-order chi connectivity index (χ1) is 48.7. The molecule has 0 aliphatic heterocycles. The molecule has 100 heavy (non-hydrogen) atoms. The summed E-state index contributed by atoms with van der Waals surface area (Å²) in [5, 5.41) is 10.6. The van der Waals surface area contributed by atoms with Crippen LogP contribution >= 0.6 is 15.6 Å². The number of phosphoric acid groups is 2. The number of aliphatic hydroxyl groups is 1. The quantitative estimate of drug-likeness (QED) is 0.0169. The van der Waals surface area contributed by atoms with E-state index in [0.717, 1.165) is 186 Å². The first-order valence-electron chi connectivity index (χ1n) is 39.5. The van der Waals surface area contributed by atoms with E-state index in [1.54, 1.807) is 0 Å². The summed E-state index contributed by atoms with van der Waals surface area (Å²) in [6.45, 7) is 4.62. The van der Waals surface area contributed by atoms with Gasteiger partial charge >= 0.3 is 39.5 Å². The standard InChI is InChI=1S/C81H142O17P2/c1-5-9-13-17-21-25-29-33-36-37-40-43-46-50-54-58-62-66-79(84)92-71-76(97-80(85)67-63-59-55-51-47-41-32-28-24-20-16-12-8-4)73-95-99(87,88)93-69-75(82)70-94-100(89,90)96-74-77(98-81(86)68-64-60-56-52-48-44-39-35-31-27-23-19-15-11-7-3)72-91-78(83)65-61-57-53-49-45-42-38-34-30-26-22-18-14-10-6-2/h9-10,13-14,21-23,25-27,33-36,38-39,75-77,82H,5-8,11-12,15-20,24,28-32,37,40-74H2,1-4H3,(H,87,88)(H,89,90)/b13-9-,14-10-,25-21-,26-22-,27-23-,36-33-,38-34-,39-35-. The number of rotatable bonds is 74. The van der Waals surface area contributed by atoms with Crippen LogP contribution in [0.5, 0.6) is 0 Å². The second-order valence-electron chi connectivity index (χ2n) is 26.2. The van der Waals surface area contributed by atoms with Gasteiger partial charge < -0.3 is 33.8 Å². The SMILES string of the molecule is CC/C=C\C/C=C\C/C=C\CCCCCCCCCC(=O)OCC(COP(=O)(O)OCC(O)COP(=O)(O)OCC(COC(=O)CCCCCCC/C=C\C/C=C\C/C=C\CC)OC(=O)CCCCCCC/C=C\C/C=C\CCCCC)OC(=O)CCCCCCCCCCCCCCC. The molecule has 0 aromatic carbocycles. The number of esters is 4. The maximum Gasteiger partial charge on any atom is 0.472 e. The van der Waals surface area contributed by atoms with Crippen molar-refractivity contribution >= 4 is 39.5 Å². The molecule has 17 nitrogen and oxygen atoms in total. The van der Waals surface area contributed by atoms with Gasteiger partial charge in [0, 0.05) is 25.7 Å². The highest BCUT2D eigenvalue weighted by Gasteiger charge is 2.30. The number of unbranched alkanes of at least 4 members (excludes halogenated alkanes) is 32. The number of carbonyl (C=O) groups excluding carboxylic acids is 4. The van der Waals surface area contributed by atoms with Crippen molar-refractivity contribution in [2.45, 2.75) is 354 Å². The Balaban J connectivity index is 5.36. The van der Waals surface area contributed by atoms with Crippen LogP contribution in [0.3, 0.4) is 0 Å². The van der Waals surface area contributed by atoms with E-state index in [2.05, 4.69) is 125 Å². The Morgan fingerprint density at radius 3 is 0.820 bits per heavy atom. The third-order valence-electron chi connectivity index (χ3n) is 16.5. The summed E-state index contributed by atoms with van der Waals surface area (Å²) in [4.78, 5) is 73.0. The minimum absolute atomic E-state index is 0.0756. The van der Waals surface area contributed by atoms with Gasteiger partial charge in [-0.15, -0.1) is 0 Å². The summed E-state index contributed by atoms with van der Waals surface area (Å²) in [5.41, 5.74) is 0. The van der Waals surface area contributed by atoms with Gasteiger partial charge in [-0.05, 0) is 122 Å². The lowest BCUT2D eigenvalue weighted by Crippen LogP contribution is -2.30. The average molecular weight is 1450 g/mol. The zero-order chi connectivity index (χ0) is 73.2. The maximum atomic E-state index is 13.1. The predicted octanol–water partition coefficient (Wildman–Crippen LogP) is 22.8. The molecule has 5 unspecified atom stereocenters. The molecule has 0 radical (unpaired) electrons. The minimum Gasteiger partial charge on any atom is -0.462 e. The maximum absolute atomic E-state index is 13.1. The van der Waals surface area contributed by atoms with E-state index >= 15 is 0 Å². The number of carbonyl (C=O) groups is 4. The largest absolute Gasteiger partial charge is 0.472 e. The van der Waals surface area contributed by atoms with E-state index in [9.17, 15) is 43.2 Å². The summed E-state index contributed by atoms with van der Waals surface area (Å²) >= 11 is 0. The molecule has 19 heteroatoms. The summed E-state index contributed by atoms with van der Waals surface area (Å²) in [7, 11) is -9.96. The molecule has 0 rings (SSSR count). The average Bonchev–Trinajstić information content (AvgIpc) is 0.965. The molecule has 0 saturated carbocycles. The van der Waals surface area contributed by atoms with E-state index in [4.69, 9.17) is 37.0 Å². The summed E-state index contributed by atoms with van der Waals surface area (Å²) in [5.74, 6) is -2.20. The van der Waals surface area contributed by atoms with Crippen molar-refractivity contribution < 1.29 is 80.2 Å². The third-order valence-corrected chi connectivity index (χ3v) is 18.4. The molecule has 0 aliphatic rings. The van der Waals surface area contributed by atoms with Crippen molar-refractivity contribution in [1.29, 1.82) is 0 Å². The van der Waals surface area contributed by atoms with E-state index in [0.29, 0.717) is 25.7 Å². The normalized spacial score (nSPS) is 14.4. The summed E-state index contributed by atoms with van der Waals surface area (Å²) in [6.07, 6.45) is 76.7. The fraction of sp³-hybridized carbons (Fsp3) is 0.753. The number of allylic oxidation sites excluding steroid dienone is 16. The van der Waals surface area contributed by atoms with Crippen molar-refractivity contribution in [3.63, 3.8) is 0 Å². The number of ether oxygens (including phenoxy) is 4. The van der Waals surface area contributed by atoms with Gasteiger partial charge in [-0.2, -0.15) is 0 Å². The summed E-state index contributed by atoms with van der Waals surface area (Å²) < 4.78 is 68.6. The second-order valence-corrected chi connectivity index (χ2v) is 29.2. The van der Waals surface area contributed by atoms with E-state index in [-0.39, 0.29) is 25.7 Å². The van der Waals surface area contributed by atoms with Crippen LogP contribution in [-0.4, -0.2) is 96.7 Å². The third kappa shape index (κ3) is 72.3. The Labute approximate surface area is 607 Å². The number of hydrogen-bond acceptors (Lipinski definition) is 15. The van der Waals surface area contributed by atoms with Gasteiger partial charge in [-0.3, -0.25) is 37.3 Å². The minimum atomic E-state index is -4.98. The van der Waals surface area contributed by atoms with Gasteiger partial charge in [0.15, 0.2) is 12.2 Å². The molecule has 0 aliphatic carbocycles. The van der Waals surface area contributed by atoms with Crippen LogP contribution in [0.15, 0.2) is 97.2 Å². The lowest BCUT2D eigenvalue weighted by molar-refractivity contribution is -0.161. The lowest BCUT2D eigenvalue weighted by atomic mass is 10.0. The van der Waals surface area contributed by atoms with Crippen molar-refractivity contribution in [3.8, 4) is 0 Å². The van der Waals surface area contributed by atoms with Gasteiger partial charge in [-0.1, -0.05) is 285 Å². The van der Waals surface area contributed by atoms with E-state index in [1.165, 1.54) is 70.6 Å². The topological polar surface area (TPSA) is 237 Å². The first kappa shape index (κ1) is 96.0. The molecule has 5 atom stereocenters. The predicted molar refractivity (Wildman–Crippen MR) is 409 cm³/mol. The fourth-order valence-electron chi connectivity index (χ4n) is 10.6. The summed E-state index contributed by atoms with van der Waals surface area (Å²) in [6, 6.07) is 0. The first-order valence-corrected chi connectivity index (χ1v) is 42.5. The highest BCUT2D eigenvalue weighted by molar-refractivity contribution is 7.47. The monoisotopic (exact) mass is 1450 g/mol. The number of phosphoric ester groups is 2. The molecule has 0 bridgehead atoms. The second kappa shape index (κ2) is 73.3. The molecule has 578 valence electrons. The molecule has 0 aromatic heterocycles. The van der Waals surface area contributed by atoms with Gasteiger partial charge in [0.1, 0.15) is 19.3 Å². The Morgan fingerprint density at radius 1 is 0.290 bits per heavy atom. The zero-order valence-corrected chi connectivity index (χ0v) is 64.9. The number of aliphatic hydroxyl groups excluding tert-OH is 1. The van der Waals surface area contributed by atoms with Crippen LogP contribution in [-0.2, 0) is 65.4 Å². The molecular weight excluding hydrogens is 1310 g/mol. The molecule has 0 saturated heterocycles. The molecular formula is C81H142O17P2. The van der Waals surface area contributed by atoms with Crippen LogP contribution < -0.4 is 0 Å². The van der Waals surface area contributed by atoms with Crippen molar-refractivity contribution in [1.82, 2.24) is 0 Å². The highest BCUT2D eigenvalue weighted by Crippen LogP contribution is 2.45. The van der Waals surface area contributed by atoms with Crippen LogP contribution in [0, 0.1) is 0 Å². The van der Waals surface area contributed by atoms with Crippen LogP contribution in [0.4, 0.5) is 0 Å². The van der Waals surface area contributed by atoms with Crippen LogP contribution in [0.1, 0.15) is 336 Å². The molecule has 0 spiro atoms. The Kier molecular flexibility index (Phi) is 70.4. The van der Waals surface area contributed by atoms with Crippen molar-refractivity contribution in [2.75, 3.05) is 39.6 Å². The highest BCUT2D eigenvalue weighted by atomic mass is 31.2. The molecule has 3 N–H and O–H groups in total. The Morgan fingerprint density at radius 2 is 0.520 bits per heavy atom. The van der Waals surface area contributed by atoms with Gasteiger partial charge in [0.05, 0.1) is 26.4 Å². The smallest absolute Gasteiger partial charge is 0.462 e. The van der Waals surface area contributed by atoms with Crippen molar-refractivity contribution in [2.24, 2.45) is 0 Å². The van der Waals surface area contributed by atoms with Gasteiger partial charge in [0.25, 0.3) is 0 Å². The molecule has 0 amide bonds. The Hall–Kier alpha value is -4.02. The van der Waals surface area contributed by atoms with Gasteiger partial charge in [-0.25, -0.2) is 9.13 Å². The number of hydrogen-bond donors (Lipinski definition) is 3. The van der Waals surface area contributed by atoms with E-state index < -0.39 is 97.5 Å². The van der Waals surface area contributed by atoms with Gasteiger partial charge in [0.2, 0.25) is 0 Å². The molecule has 0 fully saturated rings. The fourth-order valence-corrected chi connectivity index (χ4v) is 12.2. The van der Waals surface area contributed by atoms with Crippen molar-refractivity contribution in [3.05, 3.63) is 97.2 Å². The van der Waals surface area contributed by atoms with Crippen LogP contribution in [0.25, 0.3) is 0 Å². The van der Waals surface area contributed by atoms with E-state index in [1.807, 2.05) is 0 Å². The molecule has 0 aromatic rings. The lowest BCUT2D eigenvalue weighted by Gasteiger charge is -2.21. The zero-order valence-electron chi connectivity index (χ0n) is 63.1. The Bertz CT molecular complexity index is 2270. The van der Waals surface area contributed by atoms with Crippen LogP contribution in [0.2, 0.25) is 0 Å².